The minimum Gasteiger partial charge on any atom is -0.350 e. The van der Waals surface area contributed by atoms with Crippen molar-refractivity contribution < 1.29 is 13.2 Å². The van der Waals surface area contributed by atoms with Crippen LogP contribution in [0.1, 0.15) is 26.3 Å². The molecule has 1 aromatic carbocycles. The van der Waals surface area contributed by atoms with E-state index in [-0.39, 0.29) is 17.3 Å². The fourth-order valence-corrected chi connectivity index (χ4v) is 3.38. The fraction of sp³-hybridized carbons (Fsp3) is 0.500. The summed E-state index contributed by atoms with van der Waals surface area (Å²) in [5.41, 5.74) is 0.0652. The zero-order chi connectivity index (χ0) is 16.4. The van der Waals surface area contributed by atoms with E-state index < -0.39 is 15.6 Å². The number of hydrogen-bond donors (Lipinski definition) is 1. The molecular weight excluding hydrogens is 312 g/mol. The summed E-state index contributed by atoms with van der Waals surface area (Å²) in [4.78, 5) is 12.0. The zero-order valence-electron chi connectivity index (χ0n) is 12.9. The lowest BCUT2D eigenvalue weighted by atomic mass is 10.1. The molecule has 0 bridgehead atoms. The van der Waals surface area contributed by atoms with E-state index in [9.17, 15) is 13.2 Å². The Bertz CT molecular complexity index is 636. The molecule has 0 unspecified atom stereocenters. The smallest absolute Gasteiger partial charge is 0.243 e. The Morgan fingerprint density at radius 1 is 1.33 bits per heavy atom. The summed E-state index contributed by atoms with van der Waals surface area (Å²) in [6.45, 7) is 6.89. The van der Waals surface area contributed by atoms with Crippen molar-refractivity contribution in [1.82, 2.24) is 9.62 Å². The van der Waals surface area contributed by atoms with Gasteiger partial charge in [0, 0.05) is 17.6 Å². The highest BCUT2D eigenvalue weighted by Crippen LogP contribution is 2.24. The van der Waals surface area contributed by atoms with Gasteiger partial charge in [0.2, 0.25) is 15.9 Å². The first-order chi connectivity index (χ1) is 9.45. The summed E-state index contributed by atoms with van der Waals surface area (Å²) in [6, 6.07) is 4.68. The number of likely N-dealkylation sites (N-methyl/N-ethyl adjacent to an activating group) is 1. The van der Waals surface area contributed by atoms with Crippen molar-refractivity contribution in [2.75, 3.05) is 13.6 Å². The molecule has 0 aromatic heterocycles. The predicted octanol–water partition coefficient (Wildman–Crippen LogP) is 2.18. The van der Waals surface area contributed by atoms with E-state index in [0.717, 1.165) is 4.31 Å². The minimum absolute atomic E-state index is 0.112. The molecule has 21 heavy (non-hydrogen) atoms. The third kappa shape index (κ3) is 4.69. The number of carbonyl (C=O) groups is 1. The lowest BCUT2D eigenvalue weighted by Crippen LogP contribution is -2.46. The molecule has 0 aliphatic rings. The maximum absolute atomic E-state index is 12.5. The number of nitrogens with one attached hydrogen (secondary N) is 1. The van der Waals surface area contributed by atoms with Gasteiger partial charge in [0.15, 0.2) is 0 Å². The average molecular weight is 333 g/mol. The Morgan fingerprint density at radius 3 is 2.43 bits per heavy atom. The van der Waals surface area contributed by atoms with Gasteiger partial charge in [-0.2, -0.15) is 4.31 Å². The van der Waals surface area contributed by atoms with Crippen molar-refractivity contribution in [2.24, 2.45) is 0 Å². The molecule has 1 rings (SSSR count). The molecule has 0 saturated carbocycles. The number of rotatable bonds is 4. The van der Waals surface area contributed by atoms with E-state index in [2.05, 4.69) is 5.32 Å². The highest BCUT2D eigenvalue weighted by molar-refractivity contribution is 7.89. The highest BCUT2D eigenvalue weighted by Gasteiger charge is 2.26. The first kappa shape index (κ1) is 17.9. The van der Waals surface area contributed by atoms with E-state index in [1.807, 2.05) is 20.8 Å². The van der Waals surface area contributed by atoms with Crippen molar-refractivity contribution in [3.8, 4) is 0 Å². The van der Waals surface area contributed by atoms with Crippen molar-refractivity contribution in [2.45, 2.75) is 38.1 Å². The van der Waals surface area contributed by atoms with Gasteiger partial charge < -0.3 is 5.32 Å². The highest BCUT2D eigenvalue weighted by atomic mass is 35.5. The minimum atomic E-state index is -3.75. The third-order valence-corrected chi connectivity index (χ3v) is 5.14. The first-order valence-corrected chi connectivity index (χ1v) is 8.29. The molecule has 0 saturated heterocycles. The van der Waals surface area contributed by atoms with Gasteiger partial charge in [-0.3, -0.25) is 4.79 Å². The summed E-state index contributed by atoms with van der Waals surface area (Å²) < 4.78 is 26.0. The van der Waals surface area contributed by atoms with Gasteiger partial charge in [0.05, 0.1) is 11.4 Å². The SMILES string of the molecule is Cc1c(Cl)cccc1S(=O)(=O)N(C)CC(=O)NC(C)(C)C. The van der Waals surface area contributed by atoms with Crippen LogP contribution in [0.5, 0.6) is 0 Å². The number of nitrogens with zero attached hydrogens (tertiary/aromatic N) is 1. The third-order valence-electron chi connectivity index (χ3n) is 2.79. The van der Waals surface area contributed by atoms with Gasteiger partial charge in [-0.1, -0.05) is 17.7 Å². The number of hydrogen-bond acceptors (Lipinski definition) is 3. The fourth-order valence-electron chi connectivity index (χ4n) is 1.78. The molecule has 0 heterocycles. The van der Waals surface area contributed by atoms with Gasteiger partial charge in [0.25, 0.3) is 0 Å². The van der Waals surface area contributed by atoms with E-state index in [1.54, 1.807) is 19.1 Å². The molecule has 1 N–H and O–H groups in total. The van der Waals surface area contributed by atoms with E-state index >= 15 is 0 Å². The van der Waals surface area contributed by atoms with Gasteiger partial charge in [-0.25, -0.2) is 8.42 Å². The molecule has 0 spiro atoms. The molecule has 0 fully saturated rings. The Kier molecular flexibility index (Phi) is 5.41. The predicted molar refractivity (Wildman–Crippen MR) is 83.9 cm³/mol. The summed E-state index contributed by atoms with van der Waals surface area (Å²) in [7, 11) is -2.38. The van der Waals surface area contributed by atoms with Crippen molar-refractivity contribution in [3.05, 3.63) is 28.8 Å². The maximum Gasteiger partial charge on any atom is 0.243 e. The van der Waals surface area contributed by atoms with E-state index in [1.165, 1.54) is 13.1 Å². The Labute approximate surface area is 131 Å². The number of halogens is 1. The summed E-state index contributed by atoms with van der Waals surface area (Å²) in [5, 5.41) is 3.11. The molecule has 1 aromatic rings. The molecule has 0 aliphatic carbocycles. The molecular formula is C14H21ClN2O3S. The molecule has 7 heteroatoms. The standard InChI is InChI=1S/C14H21ClN2O3S/c1-10-11(15)7-6-8-12(10)21(19,20)17(5)9-13(18)16-14(2,3)4/h6-8H,9H2,1-5H3,(H,16,18). The first-order valence-electron chi connectivity index (χ1n) is 6.47. The van der Waals surface area contributed by atoms with Gasteiger partial charge in [-0.15, -0.1) is 0 Å². The number of carbonyl (C=O) groups excluding carboxylic acids is 1. The van der Waals surface area contributed by atoms with Crippen molar-refractivity contribution >= 4 is 27.5 Å². The van der Waals surface area contributed by atoms with Crippen LogP contribution in [-0.4, -0.2) is 37.8 Å². The normalized spacial score (nSPS) is 12.5. The van der Waals surface area contributed by atoms with Crippen LogP contribution in [0.4, 0.5) is 0 Å². The molecule has 0 radical (unpaired) electrons. The van der Waals surface area contributed by atoms with Crippen LogP contribution in [0, 0.1) is 6.92 Å². The molecule has 0 aliphatic heterocycles. The van der Waals surface area contributed by atoms with Gasteiger partial charge in [-0.05, 0) is 45.4 Å². The second-order valence-electron chi connectivity index (χ2n) is 5.92. The zero-order valence-corrected chi connectivity index (χ0v) is 14.5. The maximum atomic E-state index is 12.5. The van der Waals surface area contributed by atoms with Crippen LogP contribution in [0.2, 0.25) is 5.02 Å². The number of sulfonamides is 1. The molecule has 1 amide bonds. The summed E-state index contributed by atoms with van der Waals surface area (Å²) >= 11 is 5.96. The lowest BCUT2D eigenvalue weighted by Gasteiger charge is -2.23. The quantitative estimate of drug-likeness (QED) is 0.919. The van der Waals surface area contributed by atoms with Crippen LogP contribution >= 0.6 is 11.6 Å². The summed E-state index contributed by atoms with van der Waals surface area (Å²) in [6.07, 6.45) is 0. The Balaban J connectivity index is 2.98. The second kappa shape index (κ2) is 6.34. The van der Waals surface area contributed by atoms with Crippen molar-refractivity contribution in [3.63, 3.8) is 0 Å². The van der Waals surface area contributed by atoms with Crippen LogP contribution in [0.3, 0.4) is 0 Å². The lowest BCUT2D eigenvalue weighted by molar-refractivity contribution is -0.122. The van der Waals surface area contributed by atoms with E-state index in [4.69, 9.17) is 11.6 Å². The van der Waals surface area contributed by atoms with Gasteiger partial charge in [0.1, 0.15) is 0 Å². The second-order valence-corrected chi connectivity index (χ2v) is 8.34. The molecule has 118 valence electrons. The van der Waals surface area contributed by atoms with Crippen LogP contribution in [0.25, 0.3) is 0 Å². The van der Waals surface area contributed by atoms with Crippen LogP contribution < -0.4 is 5.32 Å². The monoisotopic (exact) mass is 332 g/mol. The van der Waals surface area contributed by atoms with Crippen molar-refractivity contribution in [1.29, 1.82) is 0 Å². The van der Waals surface area contributed by atoms with Crippen LogP contribution in [0.15, 0.2) is 23.1 Å². The molecule has 0 atom stereocenters. The van der Waals surface area contributed by atoms with Crippen LogP contribution in [-0.2, 0) is 14.8 Å². The van der Waals surface area contributed by atoms with Gasteiger partial charge >= 0.3 is 0 Å². The average Bonchev–Trinajstić information content (AvgIpc) is 2.29. The Hall–Kier alpha value is -1.11. The number of benzene rings is 1. The largest absolute Gasteiger partial charge is 0.350 e. The molecule has 5 nitrogen and oxygen atoms in total. The Morgan fingerprint density at radius 2 is 1.90 bits per heavy atom. The topological polar surface area (TPSA) is 66.5 Å². The van der Waals surface area contributed by atoms with E-state index in [0.29, 0.717) is 10.6 Å². The number of amides is 1. The summed E-state index contributed by atoms with van der Waals surface area (Å²) in [5.74, 6) is -0.353.